The average molecular weight is 406 g/mol. The third kappa shape index (κ3) is 3.56. The van der Waals surface area contributed by atoms with Crippen molar-refractivity contribution < 1.29 is 17.9 Å². The maximum atomic E-state index is 12.5. The summed E-state index contributed by atoms with van der Waals surface area (Å²) in [5.41, 5.74) is 4.70. The van der Waals surface area contributed by atoms with Gasteiger partial charge in [0.25, 0.3) is 0 Å². The summed E-state index contributed by atoms with van der Waals surface area (Å²) in [7, 11) is 1.85. The fourth-order valence-electron chi connectivity index (χ4n) is 4.01. The molecule has 7 heteroatoms. The lowest BCUT2D eigenvalue weighted by Gasteiger charge is -2.30. The molecule has 0 spiro atoms. The molecule has 0 unspecified atom stereocenters. The molecule has 4 rings (SSSR count). The van der Waals surface area contributed by atoms with Crippen LogP contribution in [0.25, 0.3) is 11.1 Å². The molecule has 0 aromatic heterocycles. The Bertz CT molecular complexity index is 922. The normalized spacial score (nSPS) is 17.4. The Morgan fingerprint density at radius 2 is 1.52 bits per heavy atom. The molecular weight excluding hydrogens is 386 g/mol. The van der Waals surface area contributed by atoms with Gasteiger partial charge >= 0.3 is 6.09 Å². The summed E-state index contributed by atoms with van der Waals surface area (Å²) in [5.74, 6) is 0.0158. The third-order valence-electron chi connectivity index (χ3n) is 5.43. The summed E-state index contributed by atoms with van der Waals surface area (Å²) in [6, 6.07) is 16.3. The number of nitrogens with zero attached hydrogens (tertiary/aromatic N) is 1. The maximum absolute atomic E-state index is 12.5. The number of ether oxygens (including phenoxy) is 1. The summed E-state index contributed by atoms with van der Waals surface area (Å²) in [6.07, 6.45) is 0.286. The van der Waals surface area contributed by atoms with Crippen molar-refractivity contribution in [1.82, 2.24) is 4.90 Å². The topological polar surface area (TPSA) is 63.7 Å². The predicted octanol–water partition coefficient (Wildman–Crippen LogP) is 3.97. The molecular formula is C20H20ClNO4S. The van der Waals surface area contributed by atoms with Gasteiger partial charge in [-0.3, -0.25) is 0 Å². The van der Waals surface area contributed by atoms with Gasteiger partial charge in [0.15, 0.2) is 0 Å². The van der Waals surface area contributed by atoms with Gasteiger partial charge in [-0.1, -0.05) is 48.5 Å². The van der Waals surface area contributed by atoms with Crippen LogP contribution in [0.1, 0.15) is 29.9 Å². The van der Waals surface area contributed by atoms with E-state index in [9.17, 15) is 13.2 Å². The number of amides is 1. The first-order chi connectivity index (χ1) is 12.9. The lowest BCUT2D eigenvalue weighted by atomic mass is 9.98. The molecule has 0 atom stereocenters. The highest BCUT2D eigenvalue weighted by Crippen LogP contribution is 2.44. The summed E-state index contributed by atoms with van der Waals surface area (Å²) in [6.45, 7) is 0.946. The van der Waals surface area contributed by atoms with E-state index in [0.717, 1.165) is 0 Å². The summed E-state index contributed by atoms with van der Waals surface area (Å²) >= 11 is 0. The molecule has 0 saturated carbocycles. The summed E-state index contributed by atoms with van der Waals surface area (Å²) in [5, 5.41) is -0.586. The quantitative estimate of drug-likeness (QED) is 0.725. The van der Waals surface area contributed by atoms with Crippen LogP contribution in [0.5, 0.6) is 0 Å². The number of hydrogen-bond donors (Lipinski definition) is 0. The van der Waals surface area contributed by atoms with E-state index in [-0.39, 0.29) is 12.5 Å². The fourth-order valence-corrected chi connectivity index (χ4v) is 5.31. The van der Waals surface area contributed by atoms with Gasteiger partial charge in [-0.25, -0.2) is 13.2 Å². The molecule has 1 saturated heterocycles. The monoisotopic (exact) mass is 405 g/mol. The van der Waals surface area contributed by atoms with E-state index in [0.29, 0.717) is 25.9 Å². The minimum Gasteiger partial charge on any atom is -0.448 e. The first kappa shape index (κ1) is 18.3. The van der Waals surface area contributed by atoms with Gasteiger partial charge in [-0.05, 0) is 35.1 Å². The smallest absolute Gasteiger partial charge is 0.409 e. The van der Waals surface area contributed by atoms with Gasteiger partial charge in [0.05, 0.1) is 5.25 Å². The Balaban J connectivity index is 1.43. The van der Waals surface area contributed by atoms with E-state index in [1.807, 2.05) is 24.3 Å². The zero-order valence-corrected chi connectivity index (χ0v) is 16.2. The van der Waals surface area contributed by atoms with Crippen LogP contribution in [0.4, 0.5) is 4.79 Å². The Labute approximate surface area is 163 Å². The molecule has 2 aromatic carbocycles. The Morgan fingerprint density at radius 3 is 2.04 bits per heavy atom. The highest BCUT2D eigenvalue weighted by Gasteiger charge is 2.33. The van der Waals surface area contributed by atoms with Crippen molar-refractivity contribution in [2.75, 3.05) is 19.7 Å². The Morgan fingerprint density at radius 1 is 1.00 bits per heavy atom. The molecule has 2 aliphatic rings. The van der Waals surface area contributed by atoms with Crippen molar-refractivity contribution in [1.29, 1.82) is 0 Å². The number of fused-ring (bicyclic) bond motifs is 3. The third-order valence-corrected chi connectivity index (χ3v) is 7.46. The Hall–Kier alpha value is -2.05. The van der Waals surface area contributed by atoms with Crippen LogP contribution in [0.15, 0.2) is 48.5 Å². The molecule has 1 fully saturated rings. The molecule has 142 valence electrons. The van der Waals surface area contributed by atoms with Crippen molar-refractivity contribution in [3.05, 3.63) is 59.7 Å². The van der Waals surface area contributed by atoms with E-state index in [2.05, 4.69) is 24.3 Å². The molecule has 1 aliphatic heterocycles. The van der Waals surface area contributed by atoms with Crippen LogP contribution < -0.4 is 0 Å². The molecule has 5 nitrogen and oxygen atoms in total. The predicted molar refractivity (Wildman–Crippen MR) is 104 cm³/mol. The van der Waals surface area contributed by atoms with Crippen molar-refractivity contribution in [3.8, 4) is 11.1 Å². The second-order valence-electron chi connectivity index (χ2n) is 6.97. The van der Waals surface area contributed by atoms with E-state index in [1.54, 1.807) is 4.90 Å². The number of piperidine rings is 1. The lowest BCUT2D eigenvalue weighted by Crippen LogP contribution is -2.42. The lowest BCUT2D eigenvalue weighted by molar-refractivity contribution is 0.0932. The highest BCUT2D eigenvalue weighted by molar-refractivity contribution is 8.14. The second kappa shape index (κ2) is 7.17. The first-order valence-electron chi connectivity index (χ1n) is 8.98. The fraction of sp³-hybridized carbons (Fsp3) is 0.350. The summed E-state index contributed by atoms with van der Waals surface area (Å²) < 4.78 is 28.5. The number of carbonyl (C=O) groups is 1. The molecule has 0 bridgehead atoms. The number of benzene rings is 2. The molecule has 27 heavy (non-hydrogen) atoms. The number of halogens is 1. The molecule has 1 heterocycles. The van der Waals surface area contributed by atoms with E-state index < -0.39 is 20.4 Å². The van der Waals surface area contributed by atoms with Crippen LogP contribution >= 0.6 is 10.7 Å². The van der Waals surface area contributed by atoms with Gasteiger partial charge in [0, 0.05) is 29.7 Å². The number of rotatable bonds is 3. The largest absolute Gasteiger partial charge is 0.448 e. The average Bonchev–Trinajstić information content (AvgIpc) is 2.99. The summed E-state index contributed by atoms with van der Waals surface area (Å²) in [4.78, 5) is 14.0. The molecule has 0 radical (unpaired) electrons. The van der Waals surface area contributed by atoms with Crippen LogP contribution in [0.3, 0.4) is 0 Å². The highest BCUT2D eigenvalue weighted by atomic mass is 35.7. The second-order valence-corrected chi connectivity index (χ2v) is 9.87. The van der Waals surface area contributed by atoms with Gasteiger partial charge in [0.1, 0.15) is 6.61 Å². The van der Waals surface area contributed by atoms with Crippen LogP contribution in [0.2, 0.25) is 0 Å². The van der Waals surface area contributed by atoms with Crippen molar-refractivity contribution in [3.63, 3.8) is 0 Å². The van der Waals surface area contributed by atoms with Crippen molar-refractivity contribution in [2.45, 2.75) is 24.0 Å². The van der Waals surface area contributed by atoms with Crippen LogP contribution in [0, 0.1) is 0 Å². The van der Waals surface area contributed by atoms with E-state index in [1.165, 1.54) is 22.3 Å². The number of carbonyl (C=O) groups excluding carboxylic acids is 1. The van der Waals surface area contributed by atoms with Gasteiger partial charge in [0.2, 0.25) is 9.05 Å². The number of hydrogen-bond acceptors (Lipinski definition) is 4. The van der Waals surface area contributed by atoms with E-state index in [4.69, 9.17) is 15.4 Å². The van der Waals surface area contributed by atoms with Crippen molar-refractivity contribution >= 4 is 25.8 Å². The van der Waals surface area contributed by atoms with Crippen LogP contribution in [-0.4, -0.2) is 44.4 Å². The SMILES string of the molecule is O=C(OCC1c2ccccc2-c2ccccc21)N1CCC(S(=O)(=O)Cl)CC1. The zero-order valence-electron chi connectivity index (χ0n) is 14.7. The molecule has 0 N–H and O–H groups in total. The minimum absolute atomic E-state index is 0.0158. The first-order valence-corrected chi connectivity index (χ1v) is 11.4. The molecule has 1 amide bonds. The molecule has 2 aromatic rings. The Kier molecular flexibility index (Phi) is 4.86. The van der Waals surface area contributed by atoms with Crippen LogP contribution in [-0.2, 0) is 13.8 Å². The van der Waals surface area contributed by atoms with E-state index >= 15 is 0 Å². The minimum atomic E-state index is -3.57. The standard InChI is InChI=1S/C20H20ClNO4S/c21-27(24,25)14-9-11-22(12-10-14)20(23)26-13-19-17-7-3-1-5-15(17)16-6-2-4-8-18(16)19/h1-8,14,19H,9-13H2. The zero-order chi connectivity index (χ0) is 19.0. The number of likely N-dealkylation sites (tertiary alicyclic amines) is 1. The molecule has 1 aliphatic carbocycles. The maximum Gasteiger partial charge on any atom is 0.409 e. The van der Waals surface area contributed by atoms with Gasteiger partial charge < -0.3 is 9.64 Å². The van der Waals surface area contributed by atoms with Gasteiger partial charge in [-0.15, -0.1) is 0 Å². The van der Waals surface area contributed by atoms with Crippen molar-refractivity contribution in [2.24, 2.45) is 0 Å². The van der Waals surface area contributed by atoms with Gasteiger partial charge in [-0.2, -0.15) is 0 Å².